The van der Waals surface area contributed by atoms with Crippen LogP contribution in [-0.4, -0.2) is 23.5 Å². The molecule has 0 fully saturated rings. The van der Waals surface area contributed by atoms with E-state index in [0.29, 0.717) is 11.4 Å². The van der Waals surface area contributed by atoms with Gasteiger partial charge >= 0.3 is 0 Å². The van der Waals surface area contributed by atoms with E-state index in [9.17, 15) is 9.59 Å². The lowest BCUT2D eigenvalue weighted by Gasteiger charge is -2.13. The molecule has 0 aliphatic heterocycles. The largest absolute Gasteiger partial charge is 0.483 e. The number of nitrogens with one attached hydrogen (secondary N) is 2. The van der Waals surface area contributed by atoms with Gasteiger partial charge in [-0.1, -0.05) is 25.1 Å². The first-order valence-corrected chi connectivity index (χ1v) is 9.01. The number of benzene rings is 2. The van der Waals surface area contributed by atoms with Gasteiger partial charge in [-0.15, -0.1) is 0 Å². The summed E-state index contributed by atoms with van der Waals surface area (Å²) in [6, 6.07) is 12.3. The SMILES string of the molecule is CCc1ccc(OCC(=O)NC(=S)Nc2ccccc2C(N)=O)c(Br)c1. The summed E-state index contributed by atoms with van der Waals surface area (Å²) in [6.07, 6.45) is 0.909. The van der Waals surface area contributed by atoms with Crippen molar-refractivity contribution >= 4 is 50.8 Å². The molecule has 0 saturated heterocycles. The number of halogens is 1. The zero-order valence-corrected chi connectivity index (χ0v) is 16.4. The van der Waals surface area contributed by atoms with Crippen molar-refractivity contribution in [2.75, 3.05) is 11.9 Å². The van der Waals surface area contributed by atoms with Crippen LogP contribution in [0.15, 0.2) is 46.9 Å². The lowest BCUT2D eigenvalue weighted by molar-refractivity contribution is -0.121. The molecule has 2 aromatic rings. The second-order valence-electron chi connectivity index (χ2n) is 5.32. The van der Waals surface area contributed by atoms with E-state index in [1.807, 2.05) is 12.1 Å². The maximum Gasteiger partial charge on any atom is 0.264 e. The average Bonchev–Trinajstić information content (AvgIpc) is 2.60. The van der Waals surface area contributed by atoms with Crippen LogP contribution in [0.25, 0.3) is 0 Å². The number of rotatable bonds is 6. The van der Waals surface area contributed by atoms with Gasteiger partial charge in [-0.05, 0) is 64.4 Å². The van der Waals surface area contributed by atoms with Crippen LogP contribution in [0, 0.1) is 0 Å². The fourth-order valence-corrected chi connectivity index (χ4v) is 2.91. The smallest absolute Gasteiger partial charge is 0.264 e. The first kappa shape index (κ1) is 19.9. The lowest BCUT2D eigenvalue weighted by Crippen LogP contribution is -2.37. The zero-order valence-electron chi connectivity index (χ0n) is 14.0. The number of primary amides is 1. The molecule has 4 N–H and O–H groups in total. The molecule has 0 aromatic heterocycles. The Kier molecular flexibility index (Phi) is 7.11. The third-order valence-corrected chi connectivity index (χ3v) is 4.28. The highest BCUT2D eigenvalue weighted by molar-refractivity contribution is 9.10. The number of amides is 2. The van der Waals surface area contributed by atoms with Crippen LogP contribution in [0.5, 0.6) is 5.75 Å². The van der Waals surface area contributed by atoms with Gasteiger partial charge in [0.2, 0.25) is 0 Å². The van der Waals surface area contributed by atoms with Crippen molar-refractivity contribution < 1.29 is 14.3 Å². The van der Waals surface area contributed by atoms with Crippen LogP contribution >= 0.6 is 28.1 Å². The van der Waals surface area contributed by atoms with Gasteiger partial charge in [0.15, 0.2) is 11.7 Å². The van der Waals surface area contributed by atoms with E-state index < -0.39 is 11.8 Å². The molecule has 6 nitrogen and oxygen atoms in total. The Balaban J connectivity index is 1.90. The Hall–Kier alpha value is -2.45. The Morgan fingerprint density at radius 1 is 1.23 bits per heavy atom. The topological polar surface area (TPSA) is 93.4 Å². The minimum Gasteiger partial charge on any atom is -0.483 e. The Bertz CT molecular complexity index is 842. The maximum atomic E-state index is 12.0. The van der Waals surface area contributed by atoms with E-state index in [1.54, 1.807) is 30.3 Å². The molecule has 26 heavy (non-hydrogen) atoms. The summed E-state index contributed by atoms with van der Waals surface area (Å²) in [6.45, 7) is 1.85. The fraction of sp³-hybridized carbons (Fsp3) is 0.167. The van der Waals surface area contributed by atoms with Gasteiger partial charge in [-0.25, -0.2) is 0 Å². The minimum atomic E-state index is -0.592. The number of hydrogen-bond acceptors (Lipinski definition) is 4. The summed E-state index contributed by atoms with van der Waals surface area (Å²) < 4.78 is 6.27. The molecule has 0 unspecified atom stereocenters. The highest BCUT2D eigenvalue weighted by atomic mass is 79.9. The van der Waals surface area contributed by atoms with Gasteiger partial charge in [-0.3, -0.25) is 14.9 Å². The maximum absolute atomic E-state index is 12.0. The Labute approximate surface area is 165 Å². The van der Waals surface area contributed by atoms with Crippen molar-refractivity contribution in [2.24, 2.45) is 5.73 Å². The molecule has 0 heterocycles. The summed E-state index contributed by atoms with van der Waals surface area (Å²) >= 11 is 8.50. The molecule has 0 aliphatic rings. The zero-order chi connectivity index (χ0) is 19.1. The molecule has 0 saturated carbocycles. The number of aryl methyl sites for hydroxylation is 1. The molecule has 0 atom stereocenters. The summed E-state index contributed by atoms with van der Waals surface area (Å²) in [5.41, 5.74) is 7.16. The monoisotopic (exact) mass is 435 g/mol. The average molecular weight is 436 g/mol. The highest BCUT2D eigenvalue weighted by Gasteiger charge is 2.11. The highest BCUT2D eigenvalue weighted by Crippen LogP contribution is 2.26. The van der Waals surface area contributed by atoms with Crippen molar-refractivity contribution in [3.8, 4) is 5.75 Å². The summed E-state index contributed by atoms with van der Waals surface area (Å²) in [4.78, 5) is 23.4. The van der Waals surface area contributed by atoms with E-state index in [1.165, 1.54) is 0 Å². The van der Waals surface area contributed by atoms with Gasteiger partial charge in [0.05, 0.1) is 15.7 Å². The predicted octanol–water partition coefficient (Wildman–Crippen LogP) is 3.00. The number of carbonyl (C=O) groups is 2. The van der Waals surface area contributed by atoms with Crippen LogP contribution in [0.4, 0.5) is 5.69 Å². The molecular weight excluding hydrogens is 418 g/mol. The van der Waals surface area contributed by atoms with Crippen LogP contribution in [0.3, 0.4) is 0 Å². The molecule has 0 aliphatic carbocycles. The first-order chi connectivity index (χ1) is 12.4. The second-order valence-corrected chi connectivity index (χ2v) is 6.58. The van der Waals surface area contributed by atoms with Crippen molar-refractivity contribution in [1.82, 2.24) is 5.32 Å². The summed E-state index contributed by atoms with van der Waals surface area (Å²) in [5.74, 6) is -0.452. The van der Waals surface area contributed by atoms with E-state index in [-0.39, 0.29) is 17.3 Å². The van der Waals surface area contributed by atoms with Crippen LogP contribution in [0.1, 0.15) is 22.8 Å². The molecule has 0 radical (unpaired) electrons. The fourth-order valence-electron chi connectivity index (χ4n) is 2.15. The predicted molar refractivity (Wildman–Crippen MR) is 108 cm³/mol. The number of thiocarbonyl (C=S) groups is 1. The molecule has 8 heteroatoms. The number of carbonyl (C=O) groups excluding carboxylic acids is 2. The first-order valence-electron chi connectivity index (χ1n) is 7.81. The van der Waals surface area contributed by atoms with Crippen LogP contribution in [-0.2, 0) is 11.2 Å². The van der Waals surface area contributed by atoms with Crippen LogP contribution < -0.4 is 21.1 Å². The van der Waals surface area contributed by atoms with Crippen molar-refractivity contribution in [2.45, 2.75) is 13.3 Å². The van der Waals surface area contributed by atoms with E-state index >= 15 is 0 Å². The standard InChI is InChI=1S/C18H18BrN3O3S/c1-2-11-7-8-15(13(19)9-11)25-10-16(23)22-18(26)21-14-6-4-3-5-12(14)17(20)24/h3-9H,2,10H2,1H3,(H2,20,24)(H2,21,22,23,26). The minimum absolute atomic E-state index is 0.0488. The molecule has 136 valence electrons. The van der Waals surface area contributed by atoms with Gasteiger partial charge in [0, 0.05) is 0 Å². The van der Waals surface area contributed by atoms with Crippen molar-refractivity contribution in [3.05, 3.63) is 58.1 Å². The number of hydrogen-bond donors (Lipinski definition) is 3. The summed E-state index contributed by atoms with van der Waals surface area (Å²) in [7, 11) is 0. The van der Waals surface area contributed by atoms with E-state index in [4.69, 9.17) is 22.7 Å². The van der Waals surface area contributed by atoms with Crippen molar-refractivity contribution in [3.63, 3.8) is 0 Å². The number of nitrogens with two attached hydrogens (primary N) is 1. The van der Waals surface area contributed by atoms with E-state index in [0.717, 1.165) is 16.5 Å². The van der Waals surface area contributed by atoms with Gasteiger partial charge in [0.25, 0.3) is 11.8 Å². The molecule has 2 aromatic carbocycles. The normalized spacial score (nSPS) is 10.1. The third kappa shape index (κ3) is 5.53. The van der Waals surface area contributed by atoms with Crippen molar-refractivity contribution in [1.29, 1.82) is 0 Å². The third-order valence-electron chi connectivity index (χ3n) is 3.46. The lowest BCUT2D eigenvalue weighted by atomic mass is 10.1. The Morgan fingerprint density at radius 2 is 1.96 bits per heavy atom. The number of ether oxygens (including phenoxy) is 1. The van der Waals surface area contributed by atoms with E-state index in [2.05, 4.69) is 33.5 Å². The van der Waals surface area contributed by atoms with Gasteiger partial charge in [0.1, 0.15) is 5.75 Å². The molecule has 2 rings (SSSR count). The molecule has 0 spiro atoms. The van der Waals surface area contributed by atoms with Gasteiger partial charge in [-0.2, -0.15) is 0 Å². The number of anilines is 1. The second kappa shape index (κ2) is 9.30. The molecule has 2 amide bonds. The Morgan fingerprint density at radius 3 is 2.62 bits per heavy atom. The van der Waals surface area contributed by atoms with Gasteiger partial charge < -0.3 is 15.8 Å². The molecule has 0 bridgehead atoms. The number of para-hydroxylation sites is 1. The summed E-state index contributed by atoms with van der Waals surface area (Å²) in [5, 5.41) is 5.33. The quantitative estimate of drug-likeness (QED) is 0.606. The van der Waals surface area contributed by atoms with Crippen LogP contribution in [0.2, 0.25) is 0 Å². The molecular formula is C18H18BrN3O3S.